The van der Waals surface area contributed by atoms with E-state index in [0.717, 1.165) is 52.4 Å². The molecule has 6 nitrogen and oxygen atoms in total. The number of hydrogen-bond acceptors (Lipinski definition) is 5. The molecule has 0 bridgehead atoms. The smallest absolute Gasteiger partial charge is 0.281 e. The lowest BCUT2D eigenvalue weighted by atomic mass is 10.1. The van der Waals surface area contributed by atoms with Gasteiger partial charge in [0, 0.05) is 6.42 Å². The minimum atomic E-state index is -0.170. The van der Waals surface area contributed by atoms with Gasteiger partial charge in [-0.1, -0.05) is 6.07 Å². The zero-order valence-corrected chi connectivity index (χ0v) is 16.8. The molecule has 3 heterocycles. The summed E-state index contributed by atoms with van der Waals surface area (Å²) in [6, 6.07) is 5.93. The molecule has 0 aliphatic carbocycles. The molecule has 1 atom stereocenters. The molecule has 2 aromatic heterocycles. The van der Waals surface area contributed by atoms with Crippen LogP contribution in [0.4, 0.5) is 0 Å². The summed E-state index contributed by atoms with van der Waals surface area (Å²) in [6.07, 6.45) is 0.911. The molecule has 1 aliphatic heterocycles. The van der Waals surface area contributed by atoms with E-state index < -0.39 is 0 Å². The number of nitrogen functional groups attached to an aromatic ring is 1. The van der Waals surface area contributed by atoms with Gasteiger partial charge in [-0.25, -0.2) is 9.66 Å². The number of benzene rings is 1. The second-order valence-electron chi connectivity index (χ2n) is 7.20. The van der Waals surface area contributed by atoms with Crippen LogP contribution < -0.4 is 21.0 Å². The number of nitrogens with zero attached hydrogens (tertiary/aromatic N) is 2. The van der Waals surface area contributed by atoms with E-state index in [2.05, 4.69) is 18.8 Å². The first-order chi connectivity index (χ1) is 13.0. The normalized spacial score (nSPS) is 16.5. The molecule has 7 heteroatoms. The second kappa shape index (κ2) is 6.98. The monoisotopic (exact) mass is 385 g/mol. The van der Waals surface area contributed by atoms with E-state index in [1.165, 1.54) is 10.4 Å². The van der Waals surface area contributed by atoms with Crippen molar-refractivity contribution in [2.75, 3.05) is 18.9 Å². The number of rotatable bonds is 4. The highest BCUT2D eigenvalue weighted by Crippen LogP contribution is 2.29. The first-order valence-corrected chi connectivity index (χ1v) is 10.1. The summed E-state index contributed by atoms with van der Waals surface area (Å²) < 4.78 is 7.00. The average molecular weight is 386 g/mol. The van der Waals surface area contributed by atoms with Crippen molar-refractivity contribution in [2.45, 2.75) is 40.3 Å². The second-order valence-corrected chi connectivity index (χ2v) is 8.29. The quantitative estimate of drug-likeness (QED) is 0.665. The van der Waals surface area contributed by atoms with Gasteiger partial charge in [0.2, 0.25) is 0 Å². The highest BCUT2D eigenvalue weighted by molar-refractivity contribution is 7.18. The van der Waals surface area contributed by atoms with Gasteiger partial charge in [-0.15, -0.1) is 11.3 Å². The summed E-state index contributed by atoms with van der Waals surface area (Å²) >= 11 is 1.63. The van der Waals surface area contributed by atoms with Gasteiger partial charge in [-0.3, -0.25) is 4.79 Å². The summed E-state index contributed by atoms with van der Waals surface area (Å²) in [4.78, 5) is 21.1. The molecule has 3 aromatic rings. The Balaban J connectivity index is 1.67. The van der Waals surface area contributed by atoms with Crippen molar-refractivity contribution in [3.8, 4) is 5.75 Å². The maximum Gasteiger partial charge on any atom is 0.281 e. The van der Waals surface area contributed by atoms with E-state index in [4.69, 9.17) is 10.6 Å². The van der Waals surface area contributed by atoms with Crippen LogP contribution in [0.1, 0.15) is 34.3 Å². The lowest BCUT2D eigenvalue weighted by molar-refractivity contribution is -0.913. The number of fused-ring (bicyclic) bond motifs is 3. The third kappa shape index (κ3) is 3.21. The largest absolute Gasteiger partial charge is 0.486 e. The Morgan fingerprint density at radius 3 is 2.89 bits per heavy atom. The van der Waals surface area contributed by atoms with Crippen LogP contribution in [0.25, 0.3) is 10.2 Å². The van der Waals surface area contributed by atoms with Crippen LogP contribution >= 0.6 is 11.3 Å². The Kier molecular flexibility index (Phi) is 4.65. The average Bonchev–Trinajstić information content (AvgIpc) is 3.03. The molecule has 0 fully saturated rings. The van der Waals surface area contributed by atoms with E-state index in [1.54, 1.807) is 16.2 Å². The lowest BCUT2D eigenvalue weighted by Gasteiger charge is -2.22. The van der Waals surface area contributed by atoms with Crippen LogP contribution in [0.15, 0.2) is 23.0 Å². The third-order valence-corrected chi connectivity index (χ3v) is 6.62. The number of nitrogens with one attached hydrogen (secondary N) is 1. The van der Waals surface area contributed by atoms with E-state index in [9.17, 15) is 4.79 Å². The summed E-state index contributed by atoms with van der Waals surface area (Å²) in [6.45, 7) is 9.58. The van der Waals surface area contributed by atoms with Crippen LogP contribution in [-0.2, 0) is 19.6 Å². The highest BCUT2D eigenvalue weighted by atomic mass is 32.1. The van der Waals surface area contributed by atoms with E-state index in [0.29, 0.717) is 11.2 Å². The standard InChI is InChI=1S/C20H24N4O2S/c1-4-23-8-7-15-16(10-23)27-19-18(15)20(25)24(21)17(22-19)11-26-14-6-5-12(2)13(3)9-14/h5-6,9H,4,7-8,10-11,21H2,1-3H3/p+1. The van der Waals surface area contributed by atoms with Crippen LogP contribution in [0.2, 0.25) is 0 Å². The number of thiophene rings is 1. The minimum Gasteiger partial charge on any atom is -0.486 e. The Labute approximate surface area is 162 Å². The first-order valence-electron chi connectivity index (χ1n) is 9.32. The van der Waals surface area contributed by atoms with Crippen LogP contribution in [0.5, 0.6) is 5.75 Å². The number of aryl methyl sites for hydroxylation is 2. The fourth-order valence-electron chi connectivity index (χ4n) is 3.59. The maximum absolute atomic E-state index is 12.9. The maximum atomic E-state index is 12.9. The number of hydrogen-bond donors (Lipinski definition) is 2. The Bertz CT molecular complexity index is 1070. The van der Waals surface area contributed by atoms with Crippen molar-refractivity contribution >= 4 is 21.6 Å². The van der Waals surface area contributed by atoms with Gasteiger partial charge in [0.15, 0.2) is 5.82 Å². The molecule has 1 aromatic carbocycles. The Hall–Kier alpha value is -2.38. The van der Waals surface area contributed by atoms with Crippen LogP contribution in [0.3, 0.4) is 0 Å². The van der Waals surface area contributed by atoms with E-state index >= 15 is 0 Å². The molecule has 0 spiro atoms. The fraction of sp³-hybridized carbons (Fsp3) is 0.400. The summed E-state index contributed by atoms with van der Waals surface area (Å²) in [5.74, 6) is 7.27. The SMILES string of the molecule is CC[NH+]1CCc2c(sc3nc(COc4ccc(C)c(C)c4)n(N)c(=O)c23)C1. The van der Waals surface area contributed by atoms with Gasteiger partial charge in [0.05, 0.1) is 23.4 Å². The van der Waals surface area contributed by atoms with Crippen LogP contribution in [-0.4, -0.2) is 22.7 Å². The van der Waals surface area contributed by atoms with Crippen molar-refractivity contribution < 1.29 is 9.64 Å². The number of nitrogens with two attached hydrogens (primary N) is 1. The summed E-state index contributed by atoms with van der Waals surface area (Å²) in [5, 5.41) is 0.697. The first kappa shape index (κ1) is 18.0. The van der Waals surface area contributed by atoms with Gasteiger partial charge >= 0.3 is 0 Å². The lowest BCUT2D eigenvalue weighted by Crippen LogP contribution is -3.11. The Morgan fingerprint density at radius 1 is 1.33 bits per heavy atom. The number of likely N-dealkylation sites (N-methyl/N-ethyl adjacent to an activating group) is 1. The molecular formula is C20H25N4O2S+. The van der Waals surface area contributed by atoms with Gasteiger partial charge in [-0.2, -0.15) is 0 Å². The van der Waals surface area contributed by atoms with Crippen molar-refractivity contribution in [3.63, 3.8) is 0 Å². The molecule has 0 radical (unpaired) electrons. The Morgan fingerprint density at radius 2 is 2.15 bits per heavy atom. The number of ether oxygens (including phenoxy) is 1. The van der Waals surface area contributed by atoms with Gasteiger partial charge < -0.3 is 15.5 Å². The molecular weight excluding hydrogens is 360 g/mol. The zero-order valence-electron chi connectivity index (χ0n) is 16.0. The molecule has 0 amide bonds. The van der Waals surface area contributed by atoms with Crippen LogP contribution in [0, 0.1) is 13.8 Å². The summed E-state index contributed by atoms with van der Waals surface area (Å²) in [7, 11) is 0. The van der Waals surface area contributed by atoms with Gasteiger partial charge in [0.1, 0.15) is 23.7 Å². The number of aromatic nitrogens is 2. The summed E-state index contributed by atoms with van der Waals surface area (Å²) in [5.41, 5.74) is 3.35. The van der Waals surface area contributed by atoms with E-state index in [1.807, 2.05) is 25.1 Å². The molecule has 1 aliphatic rings. The predicted octanol–water partition coefficient (Wildman–Crippen LogP) is 1.33. The molecule has 27 heavy (non-hydrogen) atoms. The van der Waals surface area contributed by atoms with Crippen molar-refractivity contribution in [3.05, 3.63) is 55.9 Å². The molecule has 3 N–H and O–H groups in total. The topological polar surface area (TPSA) is 74.6 Å². The molecule has 0 saturated carbocycles. The fourth-order valence-corrected chi connectivity index (χ4v) is 4.89. The number of quaternary nitrogens is 1. The van der Waals surface area contributed by atoms with E-state index in [-0.39, 0.29) is 12.2 Å². The molecule has 0 saturated heterocycles. The van der Waals surface area contributed by atoms with Crippen molar-refractivity contribution in [1.82, 2.24) is 9.66 Å². The highest BCUT2D eigenvalue weighted by Gasteiger charge is 2.26. The predicted molar refractivity (Wildman–Crippen MR) is 108 cm³/mol. The minimum absolute atomic E-state index is 0.166. The molecule has 142 valence electrons. The molecule has 1 unspecified atom stereocenters. The molecule has 4 rings (SSSR count). The van der Waals surface area contributed by atoms with Gasteiger partial charge in [0.25, 0.3) is 5.56 Å². The zero-order chi connectivity index (χ0) is 19.1. The van der Waals surface area contributed by atoms with Gasteiger partial charge in [-0.05, 0) is 49.6 Å². The van der Waals surface area contributed by atoms with Crippen molar-refractivity contribution in [1.29, 1.82) is 0 Å². The third-order valence-electron chi connectivity index (χ3n) is 5.50. The van der Waals surface area contributed by atoms with Crippen molar-refractivity contribution in [2.24, 2.45) is 0 Å².